The lowest BCUT2D eigenvalue weighted by molar-refractivity contribution is -0.225. The maximum atomic E-state index is 12.7. The molecule has 4 radical (unpaired) electrons. The van der Waals surface area contributed by atoms with E-state index in [1.165, 1.54) is 0 Å². The van der Waals surface area contributed by atoms with Crippen LogP contribution in [0.15, 0.2) is 0 Å². The average molecular weight is 202 g/mol. The first kappa shape index (κ1) is 13.9. The van der Waals surface area contributed by atoms with Gasteiger partial charge in [-0.05, 0) is 5.41 Å². The Morgan fingerprint density at radius 2 is 1.07 bits per heavy atom. The van der Waals surface area contributed by atoms with Gasteiger partial charge >= 0.3 is 6.18 Å². The third-order valence-electron chi connectivity index (χ3n) is 2.98. The molecule has 78 valence electrons. The van der Waals surface area contributed by atoms with Crippen molar-refractivity contribution in [2.45, 2.75) is 46.0 Å². The summed E-state index contributed by atoms with van der Waals surface area (Å²) in [6, 6.07) is 0. The van der Waals surface area contributed by atoms with Crippen LogP contribution in [-0.4, -0.2) is 21.9 Å². The average Bonchev–Trinajstić information content (AvgIpc) is 1.81. The molecule has 0 atom stereocenters. The van der Waals surface area contributed by atoms with Gasteiger partial charge in [0.05, 0.1) is 21.1 Å². The van der Waals surface area contributed by atoms with Gasteiger partial charge in [0, 0.05) is 0 Å². The molecule has 14 heavy (non-hydrogen) atoms. The molecule has 5 heteroatoms. The van der Waals surface area contributed by atoms with E-state index >= 15 is 0 Å². The van der Waals surface area contributed by atoms with Crippen molar-refractivity contribution in [3.8, 4) is 0 Å². The number of rotatable bonds is 1. The van der Waals surface area contributed by atoms with E-state index in [2.05, 4.69) is 0 Å². The maximum Gasteiger partial charge on any atom is 0.393 e. The van der Waals surface area contributed by atoms with Crippen molar-refractivity contribution in [1.29, 1.82) is 0 Å². The molecule has 0 rings (SSSR count). The van der Waals surface area contributed by atoms with Gasteiger partial charge in [0.1, 0.15) is 0 Å². The van der Waals surface area contributed by atoms with E-state index in [0.29, 0.717) is 0 Å². The zero-order valence-corrected chi connectivity index (χ0v) is 9.29. The molecule has 0 aliphatic heterocycles. The minimum Gasteiger partial charge on any atom is -0.171 e. The number of alkyl halides is 3. The van der Waals surface area contributed by atoms with Crippen molar-refractivity contribution in [3.63, 3.8) is 0 Å². The van der Waals surface area contributed by atoms with Gasteiger partial charge < -0.3 is 0 Å². The number of hydrogen-bond acceptors (Lipinski definition) is 0. The molecule has 0 amide bonds. The van der Waals surface area contributed by atoms with Crippen molar-refractivity contribution in [2.24, 2.45) is 10.8 Å². The van der Waals surface area contributed by atoms with Crippen molar-refractivity contribution < 1.29 is 13.2 Å². The van der Waals surface area contributed by atoms with Gasteiger partial charge in [-0.15, -0.1) is 0 Å². The Balaban J connectivity index is 5.30. The topological polar surface area (TPSA) is 0 Å². The molecule has 0 bridgehead atoms. The highest BCUT2D eigenvalue weighted by Crippen LogP contribution is 2.59. The van der Waals surface area contributed by atoms with Crippen LogP contribution in [0.5, 0.6) is 0 Å². The molecular formula is C9H15B2F3. The fourth-order valence-corrected chi connectivity index (χ4v) is 1.17. The van der Waals surface area contributed by atoms with Crippen LogP contribution in [0.1, 0.15) is 34.6 Å². The summed E-state index contributed by atoms with van der Waals surface area (Å²) in [5.41, 5.74) is -2.95. The Hall–Kier alpha value is -0.0801. The second-order valence-electron chi connectivity index (χ2n) is 5.24. The summed E-state index contributed by atoms with van der Waals surface area (Å²) in [5, 5.41) is -1.81. The van der Waals surface area contributed by atoms with Crippen LogP contribution in [-0.2, 0) is 0 Å². The SMILES string of the molecule is [B]C([B])(C(C)(C)C)C(C)(C)C(F)(F)F. The van der Waals surface area contributed by atoms with Gasteiger partial charge in [-0.25, -0.2) is 0 Å². The monoisotopic (exact) mass is 202 g/mol. The lowest BCUT2D eigenvalue weighted by Gasteiger charge is -2.52. The van der Waals surface area contributed by atoms with E-state index < -0.39 is 22.2 Å². The first-order valence-corrected chi connectivity index (χ1v) is 4.39. The Kier molecular flexibility index (Phi) is 3.19. The largest absolute Gasteiger partial charge is 0.393 e. The summed E-state index contributed by atoms with van der Waals surface area (Å²) < 4.78 is 38.1. The van der Waals surface area contributed by atoms with Gasteiger partial charge in [-0.2, -0.15) is 13.2 Å². The molecule has 0 heterocycles. The van der Waals surface area contributed by atoms with Crippen molar-refractivity contribution in [1.82, 2.24) is 0 Å². The smallest absolute Gasteiger partial charge is 0.171 e. The molecule has 0 aliphatic carbocycles. The van der Waals surface area contributed by atoms with Gasteiger partial charge in [0.15, 0.2) is 0 Å². The van der Waals surface area contributed by atoms with Gasteiger partial charge in [-0.1, -0.05) is 39.8 Å². The highest BCUT2D eigenvalue weighted by molar-refractivity contribution is 6.41. The predicted octanol–water partition coefficient (Wildman–Crippen LogP) is 3.07. The molecule has 0 N–H and O–H groups in total. The van der Waals surface area contributed by atoms with Crippen LogP contribution in [0, 0.1) is 10.8 Å². The minimum atomic E-state index is -4.41. The van der Waals surface area contributed by atoms with Crippen molar-refractivity contribution >= 4 is 15.7 Å². The Bertz CT molecular complexity index is 187. The second kappa shape index (κ2) is 3.21. The molecule has 0 nitrogen and oxygen atoms in total. The second-order valence-corrected chi connectivity index (χ2v) is 5.24. The molecule has 0 aromatic carbocycles. The van der Waals surface area contributed by atoms with Crippen LogP contribution in [0.3, 0.4) is 0 Å². The summed E-state index contributed by atoms with van der Waals surface area (Å²) in [6.07, 6.45) is -4.41. The predicted molar refractivity (Wildman–Crippen MR) is 53.5 cm³/mol. The van der Waals surface area contributed by atoms with Crippen LogP contribution in [0.2, 0.25) is 5.21 Å². The van der Waals surface area contributed by atoms with E-state index in [0.717, 1.165) is 13.8 Å². The molecule has 0 spiro atoms. The molecule has 0 saturated carbocycles. The van der Waals surface area contributed by atoms with E-state index in [1.807, 2.05) is 0 Å². The molecule has 0 fully saturated rings. The standard InChI is InChI=1S/C9H15B2F3/c1-6(2,3)8(10,11)7(4,5)9(12,13)14/h1-5H3. The molecular weight excluding hydrogens is 187 g/mol. The fraction of sp³-hybridized carbons (Fsp3) is 1.00. The first-order chi connectivity index (χ1) is 5.75. The Morgan fingerprint density at radius 1 is 0.786 bits per heavy atom. The molecule has 0 aliphatic rings. The lowest BCUT2D eigenvalue weighted by Crippen LogP contribution is -2.50. The molecule has 0 unspecified atom stereocenters. The molecule has 0 aromatic rings. The summed E-state index contributed by atoms with van der Waals surface area (Å²) in [5.74, 6) is 0. The quantitative estimate of drug-likeness (QED) is 0.573. The van der Waals surface area contributed by atoms with Crippen LogP contribution < -0.4 is 0 Å². The van der Waals surface area contributed by atoms with E-state index in [4.69, 9.17) is 15.7 Å². The number of halogens is 3. The Morgan fingerprint density at radius 3 is 1.14 bits per heavy atom. The van der Waals surface area contributed by atoms with Gasteiger partial charge in [-0.3, -0.25) is 0 Å². The van der Waals surface area contributed by atoms with E-state index in [-0.39, 0.29) is 0 Å². The zero-order valence-electron chi connectivity index (χ0n) is 9.29. The van der Waals surface area contributed by atoms with Crippen LogP contribution in [0.4, 0.5) is 13.2 Å². The van der Waals surface area contributed by atoms with Gasteiger partial charge in [0.25, 0.3) is 0 Å². The summed E-state index contributed by atoms with van der Waals surface area (Å²) in [7, 11) is 11.2. The van der Waals surface area contributed by atoms with E-state index in [1.54, 1.807) is 20.8 Å². The minimum absolute atomic E-state index is 0.827. The molecule has 0 aromatic heterocycles. The van der Waals surface area contributed by atoms with Crippen molar-refractivity contribution in [3.05, 3.63) is 0 Å². The maximum absolute atomic E-state index is 12.7. The van der Waals surface area contributed by atoms with Gasteiger partial charge in [0.2, 0.25) is 0 Å². The summed E-state index contributed by atoms with van der Waals surface area (Å²) in [4.78, 5) is 0. The normalized spacial score (nSPS) is 15.7. The fourth-order valence-electron chi connectivity index (χ4n) is 1.17. The summed E-state index contributed by atoms with van der Waals surface area (Å²) in [6.45, 7) is 6.85. The Labute approximate surface area is 86.5 Å². The number of hydrogen-bond donors (Lipinski definition) is 0. The van der Waals surface area contributed by atoms with Crippen molar-refractivity contribution in [2.75, 3.05) is 0 Å². The summed E-state index contributed by atoms with van der Waals surface area (Å²) >= 11 is 0. The third-order valence-corrected chi connectivity index (χ3v) is 2.98. The highest BCUT2D eigenvalue weighted by atomic mass is 19.4. The zero-order chi connectivity index (χ0) is 12.0. The van der Waals surface area contributed by atoms with Crippen LogP contribution >= 0.6 is 0 Å². The first-order valence-electron chi connectivity index (χ1n) is 4.39. The molecule has 0 saturated heterocycles. The highest BCUT2D eigenvalue weighted by Gasteiger charge is 2.58. The van der Waals surface area contributed by atoms with E-state index in [9.17, 15) is 13.2 Å². The lowest BCUT2D eigenvalue weighted by atomic mass is 9.34. The van der Waals surface area contributed by atoms with Crippen LogP contribution in [0.25, 0.3) is 0 Å². The third kappa shape index (κ3) is 1.96.